The van der Waals surface area contributed by atoms with Crippen LogP contribution < -0.4 is 10.1 Å². The molecule has 1 saturated carbocycles. The average molecular weight is 379 g/mol. The molecule has 0 bridgehead atoms. The van der Waals surface area contributed by atoms with Crippen molar-refractivity contribution in [3.8, 4) is 5.75 Å². The molecule has 5 nitrogen and oxygen atoms in total. The lowest BCUT2D eigenvalue weighted by molar-refractivity contribution is -0.142. The Morgan fingerprint density at radius 1 is 1.15 bits per heavy atom. The van der Waals surface area contributed by atoms with Gasteiger partial charge in [0.15, 0.2) is 17.6 Å². The Kier molecular flexibility index (Phi) is 5.07. The number of aliphatic carboxylic acids is 1. The number of ether oxygens (including phenoxy) is 1. The highest BCUT2D eigenvalue weighted by molar-refractivity contribution is 5.88. The maximum atomic E-state index is 13.8. The first-order valence-electron chi connectivity index (χ1n) is 8.13. The lowest BCUT2D eigenvalue weighted by atomic mass is 10.1. The Labute approximate surface area is 152 Å². The van der Waals surface area contributed by atoms with E-state index in [0.29, 0.717) is 0 Å². The average Bonchev–Trinajstić information content (AvgIpc) is 3.42. The van der Waals surface area contributed by atoms with Crippen molar-refractivity contribution in [1.82, 2.24) is 5.32 Å². The summed E-state index contributed by atoms with van der Waals surface area (Å²) in [7, 11) is 1.27. The van der Waals surface area contributed by atoms with E-state index in [1.54, 1.807) is 0 Å². The summed E-state index contributed by atoms with van der Waals surface area (Å²) < 4.78 is 45.8. The maximum Gasteiger partial charge on any atom is 0.330 e. The van der Waals surface area contributed by atoms with Crippen molar-refractivity contribution in [1.29, 1.82) is 0 Å². The summed E-state index contributed by atoms with van der Waals surface area (Å²) >= 11 is 0. The Morgan fingerprint density at radius 3 is 2.52 bits per heavy atom. The van der Waals surface area contributed by atoms with Crippen LogP contribution in [0.5, 0.6) is 5.75 Å². The molecule has 0 spiro atoms. The summed E-state index contributed by atoms with van der Waals surface area (Å²) in [6.07, 6.45) is 0.273. The van der Waals surface area contributed by atoms with Gasteiger partial charge in [0.05, 0.1) is 7.11 Å². The molecule has 3 unspecified atom stereocenters. The van der Waals surface area contributed by atoms with Crippen molar-refractivity contribution in [2.24, 2.45) is 5.92 Å². The first-order chi connectivity index (χ1) is 12.8. The van der Waals surface area contributed by atoms with Gasteiger partial charge in [0.1, 0.15) is 11.6 Å². The molecule has 1 aliphatic rings. The molecule has 1 fully saturated rings. The zero-order chi connectivity index (χ0) is 19.7. The smallest absolute Gasteiger partial charge is 0.330 e. The maximum absolute atomic E-state index is 13.8. The largest absolute Gasteiger partial charge is 0.494 e. The van der Waals surface area contributed by atoms with Gasteiger partial charge in [-0.15, -0.1) is 0 Å². The predicted octanol–water partition coefficient (Wildman–Crippen LogP) is 3.16. The molecule has 0 aliphatic heterocycles. The van der Waals surface area contributed by atoms with Gasteiger partial charge in [0.25, 0.3) is 0 Å². The molecule has 2 aromatic rings. The number of rotatable bonds is 6. The van der Waals surface area contributed by atoms with Crippen LogP contribution in [0.1, 0.15) is 29.5 Å². The third-order valence-corrected chi connectivity index (χ3v) is 4.53. The quantitative estimate of drug-likeness (QED) is 0.809. The molecule has 0 heterocycles. The predicted molar refractivity (Wildman–Crippen MR) is 88.7 cm³/mol. The summed E-state index contributed by atoms with van der Waals surface area (Å²) in [5.41, 5.74) is 0.112. The summed E-state index contributed by atoms with van der Waals surface area (Å²) in [5, 5.41) is 11.7. The van der Waals surface area contributed by atoms with E-state index in [9.17, 15) is 27.9 Å². The molecule has 2 aromatic carbocycles. The Bertz CT molecular complexity index is 903. The van der Waals surface area contributed by atoms with E-state index in [2.05, 4.69) is 5.32 Å². The number of carbonyl (C=O) groups is 2. The van der Waals surface area contributed by atoms with Crippen molar-refractivity contribution < 1.29 is 32.6 Å². The third kappa shape index (κ3) is 3.89. The second-order valence-electron chi connectivity index (χ2n) is 6.29. The summed E-state index contributed by atoms with van der Waals surface area (Å²) in [6, 6.07) is 5.07. The lowest BCUT2D eigenvalue weighted by Crippen LogP contribution is -2.35. The van der Waals surface area contributed by atoms with Crippen molar-refractivity contribution in [3.05, 3.63) is 65.0 Å². The van der Waals surface area contributed by atoms with Gasteiger partial charge in [0.2, 0.25) is 5.91 Å². The Balaban J connectivity index is 1.74. The molecule has 0 aromatic heterocycles. The van der Waals surface area contributed by atoms with Crippen LogP contribution in [0.3, 0.4) is 0 Å². The van der Waals surface area contributed by atoms with Crippen LogP contribution in [-0.2, 0) is 9.59 Å². The standard InChI is InChI=1S/C19H16F3NO4/c1-27-16-5-2-9(6-15(16)22)17(19(25)26)23-18(24)13-8-11(13)12-7-10(20)3-4-14(12)21/h2-7,11,13,17H,8H2,1H3,(H,23,24)(H,25,26). The second-order valence-corrected chi connectivity index (χ2v) is 6.29. The monoisotopic (exact) mass is 379 g/mol. The van der Waals surface area contributed by atoms with E-state index in [4.69, 9.17) is 4.74 Å². The molecule has 27 heavy (non-hydrogen) atoms. The highest BCUT2D eigenvalue weighted by atomic mass is 19.1. The number of carboxylic acid groups (broad SMARTS) is 1. The summed E-state index contributed by atoms with van der Waals surface area (Å²) in [5.74, 6) is -5.25. The topological polar surface area (TPSA) is 75.6 Å². The Morgan fingerprint density at radius 2 is 1.89 bits per heavy atom. The number of amides is 1. The van der Waals surface area contributed by atoms with E-state index in [1.165, 1.54) is 19.2 Å². The number of methoxy groups -OCH3 is 1. The van der Waals surface area contributed by atoms with Crippen molar-refractivity contribution in [3.63, 3.8) is 0 Å². The highest BCUT2D eigenvalue weighted by Gasteiger charge is 2.46. The minimum absolute atomic E-state index is 0.0308. The molecule has 3 atom stereocenters. The number of benzene rings is 2. The van der Waals surface area contributed by atoms with Gasteiger partial charge in [-0.1, -0.05) is 6.07 Å². The first-order valence-corrected chi connectivity index (χ1v) is 8.13. The summed E-state index contributed by atoms with van der Waals surface area (Å²) in [6.45, 7) is 0. The van der Waals surface area contributed by atoms with Crippen molar-refractivity contribution >= 4 is 11.9 Å². The van der Waals surface area contributed by atoms with E-state index < -0.39 is 47.2 Å². The van der Waals surface area contributed by atoms with Crippen molar-refractivity contribution in [2.75, 3.05) is 7.11 Å². The molecular weight excluding hydrogens is 363 g/mol. The molecule has 1 aliphatic carbocycles. The molecule has 3 rings (SSSR count). The van der Waals surface area contributed by atoms with Gasteiger partial charge in [-0.05, 0) is 53.8 Å². The normalized spacial score (nSPS) is 19.3. The van der Waals surface area contributed by atoms with E-state index in [1.807, 2.05) is 0 Å². The van der Waals surface area contributed by atoms with Crippen LogP contribution in [0, 0.1) is 23.4 Å². The van der Waals surface area contributed by atoms with Crippen LogP contribution in [0.25, 0.3) is 0 Å². The van der Waals surface area contributed by atoms with Crippen LogP contribution in [-0.4, -0.2) is 24.1 Å². The molecule has 142 valence electrons. The zero-order valence-electron chi connectivity index (χ0n) is 14.2. The second kappa shape index (κ2) is 7.30. The van der Waals surface area contributed by atoms with E-state index in [0.717, 1.165) is 24.3 Å². The fourth-order valence-corrected chi connectivity index (χ4v) is 3.03. The molecule has 0 saturated heterocycles. The number of hydrogen-bond acceptors (Lipinski definition) is 3. The first kappa shape index (κ1) is 18.8. The van der Waals surface area contributed by atoms with Gasteiger partial charge >= 0.3 is 5.97 Å². The van der Waals surface area contributed by atoms with Crippen LogP contribution >= 0.6 is 0 Å². The van der Waals surface area contributed by atoms with Crippen molar-refractivity contribution in [2.45, 2.75) is 18.4 Å². The number of carboxylic acids is 1. The van der Waals surface area contributed by atoms with Gasteiger partial charge in [-0.3, -0.25) is 4.79 Å². The number of hydrogen-bond donors (Lipinski definition) is 2. The molecule has 8 heteroatoms. The molecular formula is C19H16F3NO4. The van der Waals surface area contributed by atoms with Crippen LogP contribution in [0.4, 0.5) is 13.2 Å². The number of carbonyl (C=O) groups excluding carboxylic acids is 1. The van der Waals surface area contributed by atoms with Crippen LogP contribution in [0.2, 0.25) is 0 Å². The lowest BCUT2D eigenvalue weighted by Gasteiger charge is -2.16. The van der Waals surface area contributed by atoms with Gasteiger partial charge in [0, 0.05) is 5.92 Å². The molecule has 2 N–H and O–H groups in total. The Hall–Kier alpha value is -3.03. The van der Waals surface area contributed by atoms with Crippen LogP contribution in [0.15, 0.2) is 36.4 Å². The van der Waals surface area contributed by atoms with Gasteiger partial charge < -0.3 is 15.2 Å². The van der Waals surface area contributed by atoms with E-state index in [-0.39, 0.29) is 23.3 Å². The highest BCUT2D eigenvalue weighted by Crippen LogP contribution is 2.48. The minimum atomic E-state index is -1.48. The van der Waals surface area contributed by atoms with E-state index >= 15 is 0 Å². The minimum Gasteiger partial charge on any atom is -0.494 e. The number of halogens is 3. The number of nitrogens with one attached hydrogen (secondary N) is 1. The van der Waals surface area contributed by atoms with Gasteiger partial charge in [-0.25, -0.2) is 18.0 Å². The molecule has 1 amide bonds. The van der Waals surface area contributed by atoms with Gasteiger partial charge in [-0.2, -0.15) is 0 Å². The fraction of sp³-hybridized carbons (Fsp3) is 0.263. The summed E-state index contributed by atoms with van der Waals surface area (Å²) in [4.78, 5) is 23.9. The fourth-order valence-electron chi connectivity index (χ4n) is 3.03. The zero-order valence-corrected chi connectivity index (χ0v) is 14.2. The SMILES string of the molecule is COc1ccc(C(NC(=O)C2CC2c2cc(F)ccc2F)C(=O)O)cc1F. The molecule has 0 radical (unpaired) electrons. The third-order valence-electron chi connectivity index (χ3n) is 4.53.